The summed E-state index contributed by atoms with van der Waals surface area (Å²) in [5, 5.41) is 2.21. The minimum atomic E-state index is 0.178. The van der Waals surface area contributed by atoms with Gasteiger partial charge in [-0.15, -0.1) is 0 Å². The first kappa shape index (κ1) is 20.8. The van der Waals surface area contributed by atoms with E-state index in [1.165, 1.54) is 0 Å². The molecule has 2 heteroatoms. The predicted octanol–water partition coefficient (Wildman–Crippen LogP) is 4.02. The van der Waals surface area contributed by atoms with Crippen LogP contribution in [0.5, 0.6) is 0 Å². The average molecular weight is 313 g/mol. The van der Waals surface area contributed by atoms with E-state index in [0.717, 1.165) is 29.0 Å². The maximum Gasteiger partial charge on any atom is 0.0988 e. The number of rotatable bonds is 6. The van der Waals surface area contributed by atoms with E-state index in [1.54, 1.807) is 12.3 Å². The average Bonchev–Trinajstić information content (AvgIpc) is 2.58. The molecule has 0 aliphatic heterocycles. The van der Waals surface area contributed by atoms with Crippen molar-refractivity contribution in [3.05, 3.63) is 71.3 Å². The largest absolute Gasteiger partial charge is 0.495 e. The summed E-state index contributed by atoms with van der Waals surface area (Å²) in [6.45, 7) is 11.6. The molecule has 1 atom stereocenters. The lowest BCUT2D eigenvalue weighted by Gasteiger charge is -2.12. The summed E-state index contributed by atoms with van der Waals surface area (Å²) in [7, 11) is 0. The lowest BCUT2D eigenvalue weighted by atomic mass is 10.2. The zero-order valence-corrected chi connectivity index (χ0v) is 15.0. The van der Waals surface area contributed by atoms with E-state index >= 15 is 0 Å². The molecule has 0 aromatic heterocycles. The second-order valence-corrected chi connectivity index (χ2v) is 5.14. The molecule has 1 aromatic carbocycles. The Bertz CT molecular complexity index is 611. The minimum absolute atomic E-state index is 0.178. The number of benzene rings is 1. The van der Waals surface area contributed by atoms with Crippen molar-refractivity contribution in [2.45, 2.75) is 46.6 Å². The zero-order chi connectivity index (χ0) is 17.5. The summed E-state index contributed by atoms with van der Waals surface area (Å²) in [6, 6.07) is 8.07. The smallest absolute Gasteiger partial charge is 0.0988 e. The van der Waals surface area contributed by atoms with Gasteiger partial charge < -0.3 is 10.5 Å². The molecule has 0 aliphatic rings. The molecule has 126 valence electrons. The summed E-state index contributed by atoms with van der Waals surface area (Å²) in [6.07, 6.45) is 13.7. The monoisotopic (exact) mass is 313 g/mol. The van der Waals surface area contributed by atoms with E-state index < -0.39 is 0 Å². The van der Waals surface area contributed by atoms with Gasteiger partial charge in [-0.1, -0.05) is 62.1 Å². The first-order valence-electron chi connectivity index (χ1n) is 8.13. The van der Waals surface area contributed by atoms with Crippen LogP contribution in [0.2, 0.25) is 0 Å². The van der Waals surface area contributed by atoms with Gasteiger partial charge in [0.1, 0.15) is 0 Å². The molecule has 0 bridgehead atoms. The first-order chi connectivity index (χ1) is 11.1. The van der Waals surface area contributed by atoms with Crippen LogP contribution in [0.4, 0.5) is 0 Å². The number of hydrogen-bond donors (Lipinski definition) is 1. The molecule has 0 amide bonds. The van der Waals surface area contributed by atoms with Gasteiger partial charge in [-0.3, -0.25) is 0 Å². The van der Waals surface area contributed by atoms with E-state index in [0.29, 0.717) is 0 Å². The Morgan fingerprint density at radius 1 is 1.30 bits per heavy atom. The molecule has 23 heavy (non-hydrogen) atoms. The highest BCUT2D eigenvalue weighted by molar-refractivity contribution is 5.30. The molecule has 1 aromatic rings. The van der Waals surface area contributed by atoms with Crippen LogP contribution in [0.25, 0.3) is 12.3 Å². The Kier molecular flexibility index (Phi) is 12.1. The van der Waals surface area contributed by atoms with Gasteiger partial charge in [0, 0.05) is 12.6 Å². The topological polar surface area (TPSA) is 35.2 Å². The van der Waals surface area contributed by atoms with Crippen molar-refractivity contribution < 1.29 is 4.74 Å². The van der Waals surface area contributed by atoms with Crippen molar-refractivity contribution >= 4 is 12.3 Å². The molecule has 2 nitrogen and oxygen atoms in total. The van der Waals surface area contributed by atoms with Gasteiger partial charge in [-0.05, 0) is 43.7 Å². The molecule has 0 spiro atoms. The third-order valence-electron chi connectivity index (χ3n) is 3.15. The maximum atomic E-state index is 5.68. The van der Waals surface area contributed by atoms with Crippen LogP contribution in [-0.2, 0) is 4.74 Å². The molecule has 0 radical (unpaired) electrons. The van der Waals surface area contributed by atoms with Crippen LogP contribution in [0, 0.1) is 0 Å². The Labute approximate surface area is 141 Å². The molecule has 2 N–H and O–H groups in total. The predicted molar refractivity (Wildman–Crippen MR) is 103 cm³/mol. The van der Waals surface area contributed by atoms with Crippen molar-refractivity contribution in [1.82, 2.24) is 0 Å². The Morgan fingerprint density at radius 3 is 2.43 bits per heavy atom. The van der Waals surface area contributed by atoms with Crippen LogP contribution >= 0.6 is 0 Å². The number of ether oxygens (including phenoxy) is 1. The third-order valence-corrected chi connectivity index (χ3v) is 3.15. The van der Waals surface area contributed by atoms with E-state index in [-0.39, 0.29) is 6.10 Å². The molecule has 0 aliphatic carbocycles. The standard InChI is InChI=1S/C15H21NO.C6H10/c1-4-12(2)17-13(3)9-10-14-7-5-6-8-15(14)11-16;1-3-5-6-4-2/h4-8,10-11,13H,9,16H2,1-3H3;3,5-6H,1,4H2,2H3/b12-4+,14-10-,15-11-;6-5+. The van der Waals surface area contributed by atoms with E-state index in [4.69, 9.17) is 10.5 Å². The molecule has 0 saturated heterocycles. The van der Waals surface area contributed by atoms with Crippen molar-refractivity contribution in [3.63, 3.8) is 0 Å². The highest BCUT2D eigenvalue weighted by Crippen LogP contribution is 2.05. The first-order valence-corrected chi connectivity index (χ1v) is 8.13. The van der Waals surface area contributed by atoms with Gasteiger partial charge in [0.15, 0.2) is 0 Å². The zero-order valence-electron chi connectivity index (χ0n) is 15.0. The molecule has 0 heterocycles. The van der Waals surface area contributed by atoms with Crippen LogP contribution in [0.3, 0.4) is 0 Å². The summed E-state index contributed by atoms with van der Waals surface area (Å²) in [5.41, 5.74) is 5.57. The number of nitrogens with two attached hydrogens (primary N) is 1. The minimum Gasteiger partial charge on any atom is -0.495 e. The normalized spacial score (nSPS) is 14.3. The summed E-state index contributed by atoms with van der Waals surface area (Å²) >= 11 is 0. The molecular weight excluding hydrogens is 282 g/mol. The van der Waals surface area contributed by atoms with Crippen LogP contribution < -0.4 is 16.2 Å². The van der Waals surface area contributed by atoms with E-state index in [2.05, 4.69) is 38.6 Å². The van der Waals surface area contributed by atoms with Gasteiger partial charge >= 0.3 is 0 Å². The Hall–Kier alpha value is -2.22. The number of allylic oxidation sites excluding steroid dienone is 5. The Balaban J connectivity index is 0.000000688. The number of hydrogen-bond acceptors (Lipinski definition) is 2. The van der Waals surface area contributed by atoms with E-state index in [9.17, 15) is 0 Å². The lowest BCUT2D eigenvalue weighted by molar-refractivity contribution is 0.138. The van der Waals surface area contributed by atoms with Gasteiger partial charge in [0.05, 0.1) is 11.9 Å². The van der Waals surface area contributed by atoms with Gasteiger partial charge in [-0.25, -0.2) is 0 Å². The van der Waals surface area contributed by atoms with Crippen molar-refractivity contribution in [2.24, 2.45) is 5.73 Å². The second-order valence-electron chi connectivity index (χ2n) is 5.14. The van der Waals surface area contributed by atoms with Crippen LogP contribution in [0.1, 0.15) is 40.5 Å². The van der Waals surface area contributed by atoms with Crippen molar-refractivity contribution in [3.8, 4) is 0 Å². The third kappa shape index (κ3) is 10.2. The molecule has 1 unspecified atom stereocenters. The fourth-order valence-electron chi connectivity index (χ4n) is 1.81. The van der Waals surface area contributed by atoms with Gasteiger partial charge in [0.2, 0.25) is 0 Å². The highest BCUT2D eigenvalue weighted by atomic mass is 16.5. The molecule has 0 fully saturated rings. The molecule has 1 rings (SSSR count). The highest BCUT2D eigenvalue weighted by Gasteiger charge is 1.99. The summed E-state index contributed by atoms with van der Waals surface area (Å²) < 4.78 is 5.68. The molecular formula is C21H31NO. The SMILES string of the molecule is C/C=C(\C)OC(C)C/C=c1/cccc/c1=C/N.C=C/C=C/CC. The fourth-order valence-corrected chi connectivity index (χ4v) is 1.81. The second kappa shape index (κ2) is 13.4. The van der Waals surface area contributed by atoms with Crippen molar-refractivity contribution in [1.29, 1.82) is 0 Å². The van der Waals surface area contributed by atoms with E-state index in [1.807, 2.05) is 44.2 Å². The fraction of sp³-hybridized carbons (Fsp3) is 0.333. The Morgan fingerprint density at radius 2 is 1.96 bits per heavy atom. The summed E-state index contributed by atoms with van der Waals surface area (Å²) in [5.74, 6) is 0.963. The van der Waals surface area contributed by atoms with Crippen LogP contribution in [-0.4, -0.2) is 6.10 Å². The van der Waals surface area contributed by atoms with Crippen LogP contribution in [0.15, 0.2) is 60.9 Å². The maximum absolute atomic E-state index is 5.68. The quantitative estimate of drug-likeness (QED) is 0.636. The molecule has 0 saturated carbocycles. The van der Waals surface area contributed by atoms with Gasteiger partial charge in [-0.2, -0.15) is 0 Å². The summed E-state index contributed by atoms with van der Waals surface area (Å²) in [4.78, 5) is 0. The van der Waals surface area contributed by atoms with Crippen molar-refractivity contribution in [2.75, 3.05) is 0 Å². The lowest BCUT2D eigenvalue weighted by Crippen LogP contribution is -2.25. The van der Waals surface area contributed by atoms with Gasteiger partial charge in [0.25, 0.3) is 0 Å².